The SMILES string of the molecule is CCCn1nc(C(=O)NNC(=O)CCOc2ccc(C)cc2)c2ccccc2c1=O. The quantitative estimate of drug-likeness (QED) is 0.584. The van der Waals surface area contributed by atoms with E-state index in [0.29, 0.717) is 29.5 Å². The number of aromatic nitrogens is 2. The summed E-state index contributed by atoms with van der Waals surface area (Å²) in [5.74, 6) is -0.322. The molecule has 0 fully saturated rings. The third kappa shape index (κ3) is 5.02. The lowest BCUT2D eigenvalue weighted by Crippen LogP contribution is -2.43. The molecule has 156 valence electrons. The molecule has 0 aliphatic carbocycles. The molecule has 0 bridgehead atoms. The van der Waals surface area contributed by atoms with Crippen LogP contribution < -0.4 is 21.1 Å². The van der Waals surface area contributed by atoms with Gasteiger partial charge >= 0.3 is 0 Å². The van der Waals surface area contributed by atoms with Crippen LogP contribution in [0.2, 0.25) is 0 Å². The van der Waals surface area contributed by atoms with Gasteiger partial charge in [-0.3, -0.25) is 25.2 Å². The van der Waals surface area contributed by atoms with Crippen LogP contribution in [0.5, 0.6) is 5.75 Å². The first kappa shape index (κ1) is 21.0. The van der Waals surface area contributed by atoms with Crippen molar-refractivity contribution in [1.82, 2.24) is 20.6 Å². The maximum atomic E-state index is 12.6. The maximum absolute atomic E-state index is 12.6. The van der Waals surface area contributed by atoms with E-state index < -0.39 is 11.8 Å². The number of nitrogens with zero attached hydrogens (tertiary/aromatic N) is 2. The van der Waals surface area contributed by atoms with Crippen LogP contribution in [0.25, 0.3) is 10.8 Å². The van der Waals surface area contributed by atoms with Gasteiger partial charge in [-0.25, -0.2) is 4.68 Å². The van der Waals surface area contributed by atoms with E-state index in [1.165, 1.54) is 4.68 Å². The molecule has 0 aliphatic heterocycles. The van der Waals surface area contributed by atoms with Gasteiger partial charge in [0.2, 0.25) is 5.91 Å². The summed E-state index contributed by atoms with van der Waals surface area (Å²) in [5.41, 5.74) is 5.67. The third-order valence-corrected chi connectivity index (χ3v) is 4.45. The van der Waals surface area contributed by atoms with Gasteiger partial charge in [0, 0.05) is 11.9 Å². The van der Waals surface area contributed by atoms with E-state index in [0.717, 1.165) is 5.56 Å². The predicted molar refractivity (Wildman–Crippen MR) is 113 cm³/mol. The van der Waals surface area contributed by atoms with Crippen LogP contribution in [0.15, 0.2) is 53.3 Å². The highest BCUT2D eigenvalue weighted by Gasteiger charge is 2.17. The summed E-state index contributed by atoms with van der Waals surface area (Å²) in [7, 11) is 0. The van der Waals surface area contributed by atoms with Gasteiger partial charge in [0.25, 0.3) is 11.5 Å². The molecule has 2 N–H and O–H groups in total. The first-order valence-corrected chi connectivity index (χ1v) is 9.78. The molecular formula is C22H24N4O4. The molecule has 30 heavy (non-hydrogen) atoms. The van der Waals surface area contributed by atoms with Crippen molar-refractivity contribution in [3.63, 3.8) is 0 Å². The van der Waals surface area contributed by atoms with Gasteiger partial charge in [-0.15, -0.1) is 0 Å². The highest BCUT2D eigenvalue weighted by molar-refractivity contribution is 6.05. The summed E-state index contributed by atoms with van der Waals surface area (Å²) in [4.78, 5) is 37.2. The number of aryl methyl sites for hydroxylation is 2. The van der Waals surface area contributed by atoms with Crippen LogP contribution in [0.4, 0.5) is 0 Å². The second-order valence-electron chi connectivity index (χ2n) is 6.84. The van der Waals surface area contributed by atoms with Gasteiger partial charge in [0.15, 0.2) is 5.69 Å². The molecule has 1 aromatic heterocycles. The molecular weight excluding hydrogens is 384 g/mol. The van der Waals surface area contributed by atoms with Crippen molar-refractivity contribution < 1.29 is 14.3 Å². The van der Waals surface area contributed by atoms with Crippen molar-refractivity contribution in [3.05, 3.63) is 70.1 Å². The molecule has 0 atom stereocenters. The van der Waals surface area contributed by atoms with Crippen molar-refractivity contribution >= 4 is 22.6 Å². The van der Waals surface area contributed by atoms with Crippen LogP contribution in [0.1, 0.15) is 35.8 Å². The Kier molecular flexibility index (Phi) is 6.79. The monoisotopic (exact) mass is 408 g/mol. The number of hydrogen-bond donors (Lipinski definition) is 2. The molecule has 2 amide bonds. The standard InChI is InChI=1S/C22H24N4O4/c1-3-13-26-22(29)18-7-5-4-6-17(18)20(25-26)21(28)24-23-19(27)12-14-30-16-10-8-15(2)9-11-16/h4-11H,3,12-14H2,1-2H3,(H,23,27)(H,24,28). The Hall–Kier alpha value is -3.68. The highest BCUT2D eigenvalue weighted by Crippen LogP contribution is 2.13. The molecule has 3 rings (SSSR count). The minimum atomic E-state index is -0.594. The van der Waals surface area contributed by atoms with Gasteiger partial charge in [-0.2, -0.15) is 5.10 Å². The van der Waals surface area contributed by atoms with E-state index >= 15 is 0 Å². The number of hydrazine groups is 1. The molecule has 2 aromatic carbocycles. The van der Waals surface area contributed by atoms with Gasteiger partial charge in [0.1, 0.15) is 5.75 Å². The van der Waals surface area contributed by atoms with Gasteiger partial charge in [-0.1, -0.05) is 42.8 Å². The van der Waals surface area contributed by atoms with E-state index in [4.69, 9.17) is 4.74 Å². The zero-order chi connectivity index (χ0) is 21.5. The fraction of sp³-hybridized carbons (Fsp3) is 0.273. The zero-order valence-electron chi connectivity index (χ0n) is 17.0. The summed E-state index contributed by atoms with van der Waals surface area (Å²) in [5, 5.41) is 5.03. The topological polar surface area (TPSA) is 102 Å². The van der Waals surface area contributed by atoms with E-state index in [1.54, 1.807) is 24.3 Å². The molecule has 8 heteroatoms. The highest BCUT2D eigenvalue weighted by atomic mass is 16.5. The molecule has 0 unspecified atom stereocenters. The minimum absolute atomic E-state index is 0.0671. The second-order valence-corrected chi connectivity index (χ2v) is 6.84. The molecule has 0 spiro atoms. The van der Waals surface area contributed by atoms with Crippen LogP contribution >= 0.6 is 0 Å². The second kappa shape index (κ2) is 9.69. The number of carbonyl (C=O) groups excluding carboxylic acids is 2. The Morgan fingerprint density at radius 1 is 1.03 bits per heavy atom. The number of amides is 2. The lowest BCUT2D eigenvalue weighted by Gasteiger charge is -2.11. The van der Waals surface area contributed by atoms with Crippen LogP contribution in [-0.4, -0.2) is 28.2 Å². The smallest absolute Gasteiger partial charge is 0.290 e. The number of fused-ring (bicyclic) bond motifs is 1. The summed E-state index contributed by atoms with van der Waals surface area (Å²) in [6.07, 6.45) is 0.766. The largest absolute Gasteiger partial charge is 0.493 e. The molecule has 0 radical (unpaired) electrons. The molecule has 0 saturated heterocycles. The third-order valence-electron chi connectivity index (χ3n) is 4.45. The average molecular weight is 408 g/mol. The Morgan fingerprint density at radius 2 is 1.73 bits per heavy atom. The molecule has 1 heterocycles. The summed E-state index contributed by atoms with van der Waals surface area (Å²) in [6.45, 7) is 4.47. The Bertz CT molecular complexity index is 1110. The lowest BCUT2D eigenvalue weighted by molar-refractivity contribution is -0.122. The number of nitrogens with one attached hydrogen (secondary N) is 2. The predicted octanol–water partition coefficient (Wildman–Crippen LogP) is 2.35. The number of hydrogen-bond acceptors (Lipinski definition) is 5. The molecule has 8 nitrogen and oxygen atoms in total. The van der Waals surface area contributed by atoms with E-state index in [9.17, 15) is 14.4 Å². The summed E-state index contributed by atoms with van der Waals surface area (Å²) < 4.78 is 6.78. The van der Waals surface area contributed by atoms with Crippen molar-refractivity contribution in [2.45, 2.75) is 33.2 Å². The first-order valence-electron chi connectivity index (χ1n) is 9.78. The van der Waals surface area contributed by atoms with Gasteiger partial charge in [-0.05, 0) is 31.5 Å². The minimum Gasteiger partial charge on any atom is -0.493 e. The molecule has 0 saturated carbocycles. The van der Waals surface area contributed by atoms with Crippen molar-refractivity contribution in [3.8, 4) is 5.75 Å². The fourth-order valence-electron chi connectivity index (χ4n) is 2.91. The number of benzene rings is 2. The van der Waals surface area contributed by atoms with Gasteiger partial charge < -0.3 is 4.74 Å². The van der Waals surface area contributed by atoms with Crippen molar-refractivity contribution in [2.24, 2.45) is 0 Å². The van der Waals surface area contributed by atoms with E-state index in [2.05, 4.69) is 16.0 Å². The van der Waals surface area contributed by atoms with Crippen molar-refractivity contribution in [2.75, 3.05) is 6.61 Å². The van der Waals surface area contributed by atoms with Gasteiger partial charge in [0.05, 0.1) is 18.4 Å². The number of ether oxygens (including phenoxy) is 1. The fourth-order valence-corrected chi connectivity index (χ4v) is 2.91. The number of carbonyl (C=O) groups is 2. The zero-order valence-corrected chi connectivity index (χ0v) is 17.0. The van der Waals surface area contributed by atoms with E-state index in [1.807, 2.05) is 38.1 Å². The Labute approximate surface area is 173 Å². The maximum Gasteiger partial charge on any atom is 0.290 e. The summed E-state index contributed by atoms with van der Waals surface area (Å²) >= 11 is 0. The number of rotatable bonds is 7. The Morgan fingerprint density at radius 3 is 2.43 bits per heavy atom. The summed E-state index contributed by atoms with van der Waals surface area (Å²) in [6, 6.07) is 14.3. The average Bonchev–Trinajstić information content (AvgIpc) is 2.75. The lowest BCUT2D eigenvalue weighted by atomic mass is 10.1. The van der Waals surface area contributed by atoms with Crippen molar-refractivity contribution in [1.29, 1.82) is 0 Å². The Balaban J connectivity index is 1.62. The van der Waals surface area contributed by atoms with Crippen LogP contribution in [0.3, 0.4) is 0 Å². The van der Waals surface area contributed by atoms with E-state index in [-0.39, 0.29) is 24.3 Å². The molecule has 3 aromatic rings. The van der Waals surface area contributed by atoms with Crippen LogP contribution in [0, 0.1) is 6.92 Å². The molecule has 0 aliphatic rings. The first-order chi connectivity index (χ1) is 14.5. The van der Waals surface area contributed by atoms with Crippen LogP contribution in [-0.2, 0) is 11.3 Å². The normalized spacial score (nSPS) is 10.6.